The Morgan fingerprint density at radius 1 is 0.903 bits per heavy atom. The summed E-state index contributed by atoms with van der Waals surface area (Å²) in [5.74, 6) is -0.578. The first-order valence-electron chi connectivity index (χ1n) is 9.52. The predicted molar refractivity (Wildman–Crippen MR) is 122 cm³/mol. The minimum Gasteiger partial charge on any atom is -0.321 e. The van der Waals surface area contributed by atoms with Crippen LogP contribution in [-0.2, 0) is 6.54 Å². The summed E-state index contributed by atoms with van der Waals surface area (Å²) in [6, 6.07) is 21.3. The van der Waals surface area contributed by atoms with E-state index in [1.54, 1.807) is 29.1 Å². The molecule has 1 N–H and O–H groups in total. The topological polar surface area (TPSA) is 59.8 Å². The number of pyridine rings is 2. The van der Waals surface area contributed by atoms with Gasteiger partial charge in [0.25, 0.3) is 5.91 Å². The van der Waals surface area contributed by atoms with Gasteiger partial charge in [-0.1, -0.05) is 24.3 Å². The molecule has 31 heavy (non-hydrogen) atoms. The summed E-state index contributed by atoms with van der Waals surface area (Å²) in [4.78, 5) is 21.9. The molecule has 5 nitrogen and oxygen atoms in total. The van der Waals surface area contributed by atoms with Gasteiger partial charge in [-0.3, -0.25) is 9.78 Å². The molecule has 154 valence electrons. The Labute approximate surface area is 184 Å². The molecular formula is C24H18ClFN4O. The second-order valence-electron chi connectivity index (χ2n) is 7.03. The number of hydrogen-bond acceptors (Lipinski definition) is 3. The van der Waals surface area contributed by atoms with Crippen molar-refractivity contribution < 1.29 is 9.18 Å². The second-order valence-corrected chi connectivity index (χ2v) is 7.03. The van der Waals surface area contributed by atoms with Gasteiger partial charge in [-0.15, -0.1) is 12.4 Å². The van der Waals surface area contributed by atoms with Crippen molar-refractivity contribution in [3.8, 4) is 0 Å². The van der Waals surface area contributed by atoms with E-state index >= 15 is 0 Å². The summed E-state index contributed by atoms with van der Waals surface area (Å²) in [7, 11) is 0. The van der Waals surface area contributed by atoms with Crippen molar-refractivity contribution in [2.24, 2.45) is 0 Å². The molecule has 0 aliphatic rings. The van der Waals surface area contributed by atoms with Crippen molar-refractivity contribution in [2.45, 2.75) is 6.54 Å². The number of anilines is 1. The zero-order valence-corrected chi connectivity index (χ0v) is 17.1. The van der Waals surface area contributed by atoms with Crippen molar-refractivity contribution in [1.29, 1.82) is 0 Å². The summed E-state index contributed by atoms with van der Waals surface area (Å²) >= 11 is 0. The maximum absolute atomic E-state index is 13.7. The number of benzene rings is 2. The molecule has 0 aliphatic carbocycles. The number of carbonyl (C=O) groups is 1. The molecule has 2 aromatic carbocycles. The van der Waals surface area contributed by atoms with E-state index in [1.165, 1.54) is 12.1 Å². The molecule has 0 fully saturated rings. The molecule has 0 radical (unpaired) electrons. The highest BCUT2D eigenvalue weighted by molar-refractivity contribution is 6.06. The van der Waals surface area contributed by atoms with Crippen LogP contribution in [0.1, 0.15) is 16.1 Å². The van der Waals surface area contributed by atoms with Crippen LogP contribution in [0.15, 0.2) is 85.2 Å². The lowest BCUT2D eigenvalue weighted by molar-refractivity contribution is 0.101. The molecule has 0 saturated carbocycles. The number of hydrogen-bond donors (Lipinski definition) is 1. The highest BCUT2D eigenvalue weighted by atomic mass is 35.5. The number of nitrogens with zero attached hydrogens (tertiary/aromatic N) is 3. The Morgan fingerprint density at radius 2 is 1.71 bits per heavy atom. The van der Waals surface area contributed by atoms with Gasteiger partial charge in [0.1, 0.15) is 17.2 Å². The van der Waals surface area contributed by atoms with Crippen molar-refractivity contribution in [3.05, 3.63) is 102 Å². The van der Waals surface area contributed by atoms with Crippen LogP contribution in [0.25, 0.3) is 21.9 Å². The third-order valence-corrected chi connectivity index (χ3v) is 4.98. The quantitative estimate of drug-likeness (QED) is 0.411. The predicted octanol–water partition coefficient (Wildman–Crippen LogP) is 5.45. The molecule has 1 amide bonds. The van der Waals surface area contributed by atoms with Gasteiger partial charge in [-0.05, 0) is 54.1 Å². The lowest BCUT2D eigenvalue weighted by Crippen LogP contribution is -2.17. The zero-order valence-electron chi connectivity index (χ0n) is 16.3. The Morgan fingerprint density at radius 3 is 2.55 bits per heavy atom. The van der Waals surface area contributed by atoms with E-state index in [1.807, 2.05) is 48.5 Å². The summed E-state index contributed by atoms with van der Waals surface area (Å²) in [6.07, 6.45) is 3.40. The van der Waals surface area contributed by atoms with Crippen LogP contribution in [0.4, 0.5) is 10.1 Å². The lowest BCUT2D eigenvalue weighted by atomic mass is 10.2. The minimum atomic E-state index is -0.313. The number of rotatable bonds is 4. The van der Waals surface area contributed by atoms with E-state index in [0.29, 0.717) is 23.6 Å². The third-order valence-electron chi connectivity index (χ3n) is 4.98. The molecule has 0 bridgehead atoms. The summed E-state index contributed by atoms with van der Waals surface area (Å²) < 4.78 is 15.5. The van der Waals surface area contributed by atoms with Gasteiger partial charge in [0.15, 0.2) is 0 Å². The third kappa shape index (κ3) is 4.11. The van der Waals surface area contributed by atoms with Gasteiger partial charge in [-0.25, -0.2) is 9.37 Å². The van der Waals surface area contributed by atoms with Gasteiger partial charge in [0.05, 0.1) is 5.52 Å². The fourth-order valence-electron chi connectivity index (χ4n) is 3.59. The Hall–Kier alpha value is -3.77. The number of carbonyl (C=O) groups excluding carboxylic acids is 1. The van der Waals surface area contributed by atoms with Crippen molar-refractivity contribution in [1.82, 2.24) is 14.5 Å². The Kier molecular flexibility index (Phi) is 5.64. The highest BCUT2D eigenvalue weighted by Gasteiger charge is 2.17. The molecule has 5 aromatic rings. The minimum absolute atomic E-state index is 0. The van der Waals surface area contributed by atoms with Gasteiger partial charge in [0.2, 0.25) is 0 Å². The lowest BCUT2D eigenvalue weighted by Gasteiger charge is -2.11. The molecule has 0 spiro atoms. The highest BCUT2D eigenvalue weighted by Crippen LogP contribution is 2.22. The zero-order chi connectivity index (χ0) is 20.5. The fraction of sp³-hybridized carbons (Fsp3) is 0.0417. The van der Waals surface area contributed by atoms with Crippen LogP contribution in [-0.4, -0.2) is 20.4 Å². The maximum atomic E-state index is 13.7. The Bertz CT molecular complexity index is 1400. The van der Waals surface area contributed by atoms with Crippen LogP contribution in [0.5, 0.6) is 0 Å². The molecule has 3 heterocycles. The summed E-state index contributed by atoms with van der Waals surface area (Å²) in [5, 5.41) is 4.79. The first kappa shape index (κ1) is 20.5. The molecule has 7 heteroatoms. The van der Waals surface area contributed by atoms with Crippen LogP contribution in [0, 0.1) is 5.82 Å². The van der Waals surface area contributed by atoms with Crippen molar-refractivity contribution in [3.63, 3.8) is 0 Å². The Balaban J connectivity index is 0.00000231. The van der Waals surface area contributed by atoms with Crippen molar-refractivity contribution >= 4 is 45.9 Å². The van der Waals surface area contributed by atoms with E-state index in [4.69, 9.17) is 0 Å². The van der Waals surface area contributed by atoms with E-state index in [9.17, 15) is 9.18 Å². The number of fused-ring (bicyclic) bond motifs is 2. The second kappa shape index (κ2) is 8.53. The SMILES string of the molecule is Cl.O=C(Nc1ccc2cccnc2c1)c1cc2cccnc2n1Cc1cccc(F)c1. The summed E-state index contributed by atoms with van der Waals surface area (Å²) in [6.45, 7) is 0.334. The average molecular weight is 433 g/mol. The average Bonchev–Trinajstić information content (AvgIpc) is 3.12. The number of nitrogens with one attached hydrogen (secondary N) is 1. The van der Waals surface area contributed by atoms with Crippen molar-refractivity contribution in [2.75, 3.05) is 5.32 Å². The van der Waals surface area contributed by atoms with Gasteiger partial charge in [-0.2, -0.15) is 0 Å². The molecular weight excluding hydrogens is 415 g/mol. The van der Waals surface area contributed by atoms with E-state index < -0.39 is 0 Å². The molecule has 0 aliphatic heterocycles. The first-order valence-corrected chi connectivity index (χ1v) is 9.52. The number of aromatic nitrogens is 3. The van der Waals surface area contributed by atoms with Gasteiger partial charge < -0.3 is 9.88 Å². The van der Waals surface area contributed by atoms with Crippen LogP contribution >= 0.6 is 12.4 Å². The first-order chi connectivity index (χ1) is 14.7. The summed E-state index contributed by atoms with van der Waals surface area (Å²) in [5.41, 5.74) is 3.34. The van der Waals surface area contributed by atoms with Crippen LogP contribution < -0.4 is 5.32 Å². The largest absolute Gasteiger partial charge is 0.321 e. The van der Waals surface area contributed by atoms with E-state index in [-0.39, 0.29) is 24.1 Å². The maximum Gasteiger partial charge on any atom is 0.272 e. The van der Waals surface area contributed by atoms with E-state index in [0.717, 1.165) is 21.9 Å². The molecule has 0 unspecified atom stereocenters. The van der Waals surface area contributed by atoms with Gasteiger partial charge in [0, 0.05) is 35.4 Å². The standard InChI is InChI=1S/C24H17FN4O.ClH/c25-19-7-1-4-16(12-19)15-29-22(13-18-6-3-11-27-23(18)29)24(30)28-20-9-8-17-5-2-10-26-21(17)14-20;/h1-14H,15H2,(H,28,30);1H. The number of halogens is 2. The van der Waals surface area contributed by atoms with E-state index in [2.05, 4.69) is 15.3 Å². The van der Waals surface area contributed by atoms with Gasteiger partial charge >= 0.3 is 0 Å². The number of amides is 1. The molecule has 0 saturated heterocycles. The smallest absolute Gasteiger partial charge is 0.272 e. The fourth-order valence-corrected chi connectivity index (χ4v) is 3.59. The molecule has 5 rings (SSSR count). The molecule has 0 atom stereocenters. The molecule has 3 aromatic heterocycles. The monoisotopic (exact) mass is 432 g/mol. The van der Waals surface area contributed by atoms with Crippen LogP contribution in [0.2, 0.25) is 0 Å². The normalized spacial score (nSPS) is 10.7. The van der Waals surface area contributed by atoms with Crippen LogP contribution in [0.3, 0.4) is 0 Å².